The summed E-state index contributed by atoms with van der Waals surface area (Å²) in [5.41, 5.74) is 7.98. The molecule has 0 amide bonds. The van der Waals surface area contributed by atoms with Gasteiger partial charge in [-0.3, -0.25) is 0 Å². The summed E-state index contributed by atoms with van der Waals surface area (Å²) in [5, 5.41) is 3.32. The normalized spacial score (nSPS) is 10.5. The highest BCUT2D eigenvalue weighted by atomic mass is 16.5. The molecule has 0 bridgehead atoms. The summed E-state index contributed by atoms with van der Waals surface area (Å²) in [5.74, 6) is 0.808. The molecule has 96 valence electrons. The van der Waals surface area contributed by atoms with Crippen molar-refractivity contribution in [1.82, 2.24) is 5.32 Å². The van der Waals surface area contributed by atoms with E-state index in [2.05, 4.69) is 25.2 Å². The van der Waals surface area contributed by atoms with E-state index in [1.165, 1.54) is 5.56 Å². The van der Waals surface area contributed by atoms with Gasteiger partial charge in [0.1, 0.15) is 5.75 Å². The van der Waals surface area contributed by atoms with Crippen LogP contribution in [0.2, 0.25) is 0 Å². The van der Waals surface area contributed by atoms with Crippen molar-refractivity contribution in [2.24, 2.45) is 0 Å². The zero-order valence-electron chi connectivity index (χ0n) is 11.0. The van der Waals surface area contributed by atoms with Crippen molar-refractivity contribution in [3.05, 3.63) is 23.8 Å². The van der Waals surface area contributed by atoms with Crippen molar-refractivity contribution in [2.75, 3.05) is 25.4 Å². The van der Waals surface area contributed by atoms with Crippen LogP contribution in [-0.2, 0) is 6.42 Å². The Hall–Kier alpha value is -1.22. The number of benzene rings is 1. The predicted octanol–water partition coefficient (Wildman–Crippen LogP) is 2.60. The standard InChI is InChI=1S/C14H24N2O/c1-3-10-17-14-8-7-12(11-13(14)15)6-5-9-16-4-2/h7-8,11,16H,3-6,9-10,15H2,1-2H3. The van der Waals surface area contributed by atoms with Crippen LogP contribution in [0.5, 0.6) is 5.75 Å². The number of aryl methyl sites for hydroxylation is 1. The van der Waals surface area contributed by atoms with E-state index in [0.717, 1.165) is 50.4 Å². The zero-order chi connectivity index (χ0) is 12.5. The Labute approximate surface area is 104 Å². The molecule has 1 rings (SSSR count). The number of nitrogen functional groups attached to an aromatic ring is 1. The number of anilines is 1. The molecule has 0 aromatic heterocycles. The van der Waals surface area contributed by atoms with Gasteiger partial charge in [0.25, 0.3) is 0 Å². The van der Waals surface area contributed by atoms with Crippen LogP contribution >= 0.6 is 0 Å². The minimum atomic E-state index is 0.726. The molecular weight excluding hydrogens is 212 g/mol. The summed E-state index contributed by atoms with van der Waals surface area (Å²) >= 11 is 0. The molecule has 3 nitrogen and oxygen atoms in total. The van der Waals surface area contributed by atoms with E-state index < -0.39 is 0 Å². The monoisotopic (exact) mass is 236 g/mol. The van der Waals surface area contributed by atoms with E-state index in [1.54, 1.807) is 0 Å². The van der Waals surface area contributed by atoms with Crippen molar-refractivity contribution in [3.63, 3.8) is 0 Å². The summed E-state index contributed by atoms with van der Waals surface area (Å²) in [6.07, 6.45) is 3.21. The molecule has 0 saturated heterocycles. The summed E-state index contributed by atoms with van der Waals surface area (Å²) < 4.78 is 5.55. The zero-order valence-corrected chi connectivity index (χ0v) is 11.0. The molecule has 0 aliphatic carbocycles. The first-order valence-corrected chi connectivity index (χ1v) is 6.49. The van der Waals surface area contributed by atoms with Crippen molar-refractivity contribution in [1.29, 1.82) is 0 Å². The largest absolute Gasteiger partial charge is 0.491 e. The highest BCUT2D eigenvalue weighted by Crippen LogP contribution is 2.23. The van der Waals surface area contributed by atoms with Crippen LogP contribution in [0.3, 0.4) is 0 Å². The van der Waals surface area contributed by atoms with Crippen LogP contribution in [0.4, 0.5) is 5.69 Å². The van der Waals surface area contributed by atoms with Crippen LogP contribution in [-0.4, -0.2) is 19.7 Å². The Bertz CT molecular complexity index is 326. The molecular formula is C14H24N2O. The lowest BCUT2D eigenvalue weighted by Crippen LogP contribution is -2.14. The Morgan fingerprint density at radius 1 is 1.29 bits per heavy atom. The molecule has 3 N–H and O–H groups in total. The maximum atomic E-state index is 5.95. The molecule has 0 unspecified atom stereocenters. The van der Waals surface area contributed by atoms with Crippen molar-refractivity contribution >= 4 is 5.69 Å². The molecule has 0 aliphatic rings. The molecule has 0 atom stereocenters. The van der Waals surface area contributed by atoms with E-state index in [0.29, 0.717) is 0 Å². The van der Waals surface area contributed by atoms with E-state index >= 15 is 0 Å². The first-order valence-electron chi connectivity index (χ1n) is 6.49. The van der Waals surface area contributed by atoms with E-state index in [9.17, 15) is 0 Å². The second kappa shape index (κ2) is 7.96. The third-order valence-corrected chi connectivity index (χ3v) is 2.60. The number of rotatable bonds is 8. The molecule has 0 saturated carbocycles. The van der Waals surface area contributed by atoms with Gasteiger partial charge in [0, 0.05) is 0 Å². The molecule has 0 heterocycles. The predicted molar refractivity (Wildman–Crippen MR) is 73.5 cm³/mol. The Kier molecular flexibility index (Phi) is 6.48. The quantitative estimate of drug-likeness (QED) is 0.539. The maximum Gasteiger partial charge on any atom is 0.142 e. The van der Waals surface area contributed by atoms with Gasteiger partial charge in [-0.05, 0) is 50.0 Å². The number of ether oxygens (including phenoxy) is 1. The van der Waals surface area contributed by atoms with E-state index in [4.69, 9.17) is 10.5 Å². The van der Waals surface area contributed by atoms with Gasteiger partial charge in [-0.1, -0.05) is 19.9 Å². The average Bonchev–Trinajstić information content (AvgIpc) is 2.34. The Morgan fingerprint density at radius 2 is 2.12 bits per heavy atom. The van der Waals surface area contributed by atoms with Gasteiger partial charge in [-0.15, -0.1) is 0 Å². The fraction of sp³-hybridized carbons (Fsp3) is 0.571. The summed E-state index contributed by atoms with van der Waals surface area (Å²) in [6, 6.07) is 6.11. The van der Waals surface area contributed by atoms with Crippen molar-refractivity contribution in [2.45, 2.75) is 33.1 Å². The van der Waals surface area contributed by atoms with Gasteiger partial charge in [-0.25, -0.2) is 0 Å². The van der Waals surface area contributed by atoms with Crippen LogP contribution in [0.1, 0.15) is 32.3 Å². The fourth-order valence-electron chi connectivity index (χ4n) is 1.69. The molecule has 3 heteroatoms. The topological polar surface area (TPSA) is 47.3 Å². The number of nitrogens with one attached hydrogen (secondary N) is 1. The second-order valence-corrected chi connectivity index (χ2v) is 4.18. The number of hydrogen-bond donors (Lipinski definition) is 2. The first kappa shape index (κ1) is 13.8. The number of hydrogen-bond acceptors (Lipinski definition) is 3. The summed E-state index contributed by atoms with van der Waals surface area (Å²) in [7, 11) is 0. The first-order chi connectivity index (χ1) is 8.27. The second-order valence-electron chi connectivity index (χ2n) is 4.18. The van der Waals surface area contributed by atoms with Crippen molar-refractivity contribution in [3.8, 4) is 5.75 Å². The molecule has 1 aromatic rings. The van der Waals surface area contributed by atoms with Crippen LogP contribution < -0.4 is 15.8 Å². The van der Waals surface area contributed by atoms with Crippen molar-refractivity contribution < 1.29 is 4.74 Å². The average molecular weight is 236 g/mol. The van der Waals surface area contributed by atoms with Gasteiger partial charge in [0.05, 0.1) is 12.3 Å². The molecule has 0 radical (unpaired) electrons. The molecule has 0 spiro atoms. The highest BCUT2D eigenvalue weighted by Gasteiger charge is 2.01. The lowest BCUT2D eigenvalue weighted by atomic mass is 10.1. The highest BCUT2D eigenvalue weighted by molar-refractivity contribution is 5.54. The summed E-state index contributed by atoms with van der Waals surface area (Å²) in [4.78, 5) is 0. The van der Waals surface area contributed by atoms with Crippen LogP contribution in [0.15, 0.2) is 18.2 Å². The number of nitrogens with two attached hydrogens (primary N) is 1. The van der Waals surface area contributed by atoms with Gasteiger partial charge >= 0.3 is 0 Å². The van der Waals surface area contributed by atoms with Gasteiger partial charge < -0.3 is 15.8 Å². The maximum absolute atomic E-state index is 5.95. The smallest absolute Gasteiger partial charge is 0.142 e. The third-order valence-electron chi connectivity index (χ3n) is 2.60. The van der Waals surface area contributed by atoms with Crippen LogP contribution in [0, 0.1) is 0 Å². The summed E-state index contributed by atoms with van der Waals surface area (Å²) in [6.45, 7) is 7.03. The Morgan fingerprint density at radius 3 is 2.76 bits per heavy atom. The van der Waals surface area contributed by atoms with Gasteiger partial charge in [0.15, 0.2) is 0 Å². The van der Waals surface area contributed by atoms with E-state index in [1.807, 2.05) is 12.1 Å². The lowest BCUT2D eigenvalue weighted by Gasteiger charge is -2.09. The molecule has 0 aliphatic heterocycles. The SMILES string of the molecule is CCCOc1ccc(CCCNCC)cc1N. The van der Waals surface area contributed by atoms with Gasteiger partial charge in [0.2, 0.25) is 0 Å². The van der Waals surface area contributed by atoms with E-state index in [-0.39, 0.29) is 0 Å². The molecule has 1 aromatic carbocycles. The van der Waals surface area contributed by atoms with Gasteiger partial charge in [-0.2, -0.15) is 0 Å². The lowest BCUT2D eigenvalue weighted by molar-refractivity contribution is 0.319. The third kappa shape index (κ3) is 5.09. The fourth-order valence-corrected chi connectivity index (χ4v) is 1.69. The molecule has 0 fully saturated rings. The minimum Gasteiger partial charge on any atom is -0.491 e. The van der Waals surface area contributed by atoms with Crippen LogP contribution in [0.25, 0.3) is 0 Å². The minimum absolute atomic E-state index is 0.726. The Balaban J connectivity index is 2.44. The molecule has 17 heavy (non-hydrogen) atoms.